The van der Waals surface area contributed by atoms with Crippen LogP contribution in [0.2, 0.25) is 0 Å². The van der Waals surface area contributed by atoms with E-state index >= 15 is 0 Å². The molecule has 0 aromatic heterocycles. The molecule has 5 N–H and O–H groups in total. The second-order valence-electron chi connectivity index (χ2n) is 2.92. The highest BCUT2D eigenvalue weighted by atomic mass is 19.1. The Labute approximate surface area is 80.3 Å². The highest BCUT2D eigenvalue weighted by molar-refractivity contribution is 5.87. The van der Waals surface area contributed by atoms with E-state index in [1.165, 1.54) is 12.1 Å². The maximum Gasteiger partial charge on any atom is 0.335 e. The maximum absolute atomic E-state index is 12.9. The van der Waals surface area contributed by atoms with Gasteiger partial charge >= 0.3 is 5.97 Å². The monoisotopic (exact) mass is 198 g/mol. The fourth-order valence-electron chi connectivity index (χ4n) is 1.09. The smallest absolute Gasteiger partial charge is 0.335 e. The summed E-state index contributed by atoms with van der Waals surface area (Å²) in [7, 11) is 0. The van der Waals surface area contributed by atoms with Crippen molar-refractivity contribution < 1.29 is 14.3 Å². The van der Waals surface area contributed by atoms with E-state index in [0.717, 1.165) is 6.07 Å². The molecule has 0 saturated heterocycles. The van der Waals surface area contributed by atoms with Gasteiger partial charge in [-0.3, -0.25) is 0 Å². The Bertz CT molecular complexity index is 355. The number of carboxylic acids is 1. The Morgan fingerprint density at radius 1 is 1.50 bits per heavy atom. The summed E-state index contributed by atoms with van der Waals surface area (Å²) in [5, 5.41) is 8.65. The molecule has 0 aliphatic heterocycles. The third kappa shape index (κ3) is 2.27. The molecule has 1 aromatic carbocycles. The molecule has 0 radical (unpaired) electrons. The summed E-state index contributed by atoms with van der Waals surface area (Å²) in [5.74, 6) is -1.81. The molecule has 1 aromatic rings. The normalized spacial score (nSPS) is 12.5. The number of benzene rings is 1. The van der Waals surface area contributed by atoms with Gasteiger partial charge in [0.25, 0.3) is 0 Å². The number of hydrogen-bond acceptors (Lipinski definition) is 3. The van der Waals surface area contributed by atoms with Crippen molar-refractivity contribution >= 4 is 5.97 Å². The number of nitrogens with two attached hydrogens (primary N) is 2. The highest BCUT2D eigenvalue weighted by Crippen LogP contribution is 2.14. The lowest BCUT2D eigenvalue weighted by Crippen LogP contribution is -2.21. The van der Waals surface area contributed by atoms with Crippen LogP contribution >= 0.6 is 0 Å². The zero-order valence-corrected chi connectivity index (χ0v) is 7.40. The molecule has 0 aliphatic carbocycles. The molecule has 0 saturated carbocycles. The zero-order valence-electron chi connectivity index (χ0n) is 7.40. The number of carbonyl (C=O) groups is 1. The van der Waals surface area contributed by atoms with Gasteiger partial charge in [-0.25, -0.2) is 9.18 Å². The lowest BCUT2D eigenvalue weighted by molar-refractivity contribution is 0.0696. The number of halogens is 1. The topological polar surface area (TPSA) is 89.3 Å². The van der Waals surface area contributed by atoms with Crippen LogP contribution in [0.5, 0.6) is 0 Å². The van der Waals surface area contributed by atoms with E-state index in [9.17, 15) is 9.18 Å². The third-order valence-electron chi connectivity index (χ3n) is 1.85. The Hall–Kier alpha value is -1.46. The maximum atomic E-state index is 12.9. The van der Waals surface area contributed by atoms with Gasteiger partial charge < -0.3 is 16.6 Å². The van der Waals surface area contributed by atoms with E-state index in [2.05, 4.69) is 0 Å². The summed E-state index contributed by atoms with van der Waals surface area (Å²) >= 11 is 0. The van der Waals surface area contributed by atoms with Gasteiger partial charge in [0.1, 0.15) is 5.82 Å². The van der Waals surface area contributed by atoms with Crippen molar-refractivity contribution in [3.63, 3.8) is 0 Å². The molecule has 0 amide bonds. The molecule has 5 heteroatoms. The van der Waals surface area contributed by atoms with Crippen molar-refractivity contribution in [1.29, 1.82) is 0 Å². The van der Waals surface area contributed by atoms with Crippen LogP contribution in [-0.4, -0.2) is 17.6 Å². The van der Waals surface area contributed by atoms with Gasteiger partial charge in [0.05, 0.1) is 5.56 Å². The largest absolute Gasteiger partial charge is 0.478 e. The first-order valence-corrected chi connectivity index (χ1v) is 4.04. The molecular formula is C9H11FN2O2. The molecule has 4 nitrogen and oxygen atoms in total. The summed E-state index contributed by atoms with van der Waals surface area (Å²) in [6.45, 7) is 0.141. The van der Waals surface area contributed by atoms with E-state index in [4.69, 9.17) is 16.6 Å². The molecule has 1 atom stereocenters. The van der Waals surface area contributed by atoms with Crippen LogP contribution in [0, 0.1) is 5.82 Å². The first kappa shape index (κ1) is 10.6. The van der Waals surface area contributed by atoms with Crippen LogP contribution in [0.3, 0.4) is 0 Å². The minimum atomic E-state index is -1.19. The van der Waals surface area contributed by atoms with Gasteiger partial charge in [-0.1, -0.05) is 0 Å². The lowest BCUT2D eigenvalue weighted by atomic mass is 10.0. The number of hydrogen-bond donors (Lipinski definition) is 3. The van der Waals surface area contributed by atoms with E-state index in [-0.39, 0.29) is 12.1 Å². The highest BCUT2D eigenvalue weighted by Gasteiger charge is 2.10. The van der Waals surface area contributed by atoms with Crippen molar-refractivity contribution in [2.75, 3.05) is 6.54 Å². The first-order valence-electron chi connectivity index (χ1n) is 4.04. The lowest BCUT2D eigenvalue weighted by Gasteiger charge is -2.09. The Morgan fingerprint density at radius 3 is 2.64 bits per heavy atom. The Kier molecular flexibility index (Phi) is 3.16. The van der Waals surface area contributed by atoms with Gasteiger partial charge in [0.2, 0.25) is 0 Å². The fraction of sp³-hybridized carbons (Fsp3) is 0.222. The summed E-state index contributed by atoms with van der Waals surface area (Å²) in [4.78, 5) is 10.6. The van der Waals surface area contributed by atoms with Gasteiger partial charge in [0.15, 0.2) is 0 Å². The summed E-state index contributed by atoms with van der Waals surface area (Å²) in [6, 6.07) is 2.91. The van der Waals surface area contributed by atoms with Crippen molar-refractivity contribution in [1.82, 2.24) is 0 Å². The second kappa shape index (κ2) is 4.17. The number of aromatic carboxylic acids is 1. The molecule has 0 bridgehead atoms. The van der Waals surface area contributed by atoms with Gasteiger partial charge in [0, 0.05) is 12.6 Å². The Morgan fingerprint density at radius 2 is 2.14 bits per heavy atom. The van der Waals surface area contributed by atoms with Gasteiger partial charge in [-0.05, 0) is 23.8 Å². The average Bonchev–Trinajstić information content (AvgIpc) is 2.15. The zero-order chi connectivity index (χ0) is 10.7. The van der Waals surface area contributed by atoms with E-state index < -0.39 is 17.8 Å². The average molecular weight is 198 g/mol. The molecule has 0 spiro atoms. The van der Waals surface area contributed by atoms with Crippen molar-refractivity contribution in [2.24, 2.45) is 11.5 Å². The van der Waals surface area contributed by atoms with Crippen molar-refractivity contribution in [3.8, 4) is 0 Å². The minimum absolute atomic E-state index is 0.121. The molecule has 0 fully saturated rings. The summed E-state index contributed by atoms with van der Waals surface area (Å²) < 4.78 is 12.9. The van der Waals surface area contributed by atoms with Gasteiger partial charge in [-0.15, -0.1) is 0 Å². The SMILES string of the molecule is NC[C@@H](N)c1cc(F)cc(C(=O)O)c1. The Balaban J connectivity index is 3.13. The fourth-order valence-corrected chi connectivity index (χ4v) is 1.09. The third-order valence-corrected chi connectivity index (χ3v) is 1.85. The van der Waals surface area contributed by atoms with Crippen LogP contribution in [-0.2, 0) is 0 Å². The number of carboxylic acid groups (broad SMARTS) is 1. The summed E-state index contributed by atoms with van der Waals surface area (Å²) in [6.07, 6.45) is 0. The van der Waals surface area contributed by atoms with Crippen molar-refractivity contribution in [2.45, 2.75) is 6.04 Å². The molecule has 0 aliphatic rings. The van der Waals surface area contributed by atoms with Gasteiger partial charge in [-0.2, -0.15) is 0 Å². The van der Waals surface area contributed by atoms with Crippen LogP contribution in [0.4, 0.5) is 4.39 Å². The molecule has 1 rings (SSSR count). The standard InChI is InChI=1S/C9H11FN2O2/c10-7-2-5(8(12)4-11)1-6(3-7)9(13)14/h1-3,8H,4,11-12H2,(H,13,14)/t8-/m1/s1. The van der Waals surface area contributed by atoms with Crippen LogP contribution < -0.4 is 11.5 Å². The molecule has 14 heavy (non-hydrogen) atoms. The number of rotatable bonds is 3. The molecule has 0 heterocycles. The van der Waals surface area contributed by atoms with E-state index in [1.54, 1.807) is 0 Å². The van der Waals surface area contributed by atoms with Crippen LogP contribution in [0.15, 0.2) is 18.2 Å². The predicted octanol–water partition coefficient (Wildman–Crippen LogP) is 0.482. The minimum Gasteiger partial charge on any atom is -0.478 e. The van der Waals surface area contributed by atoms with E-state index in [1.807, 2.05) is 0 Å². The van der Waals surface area contributed by atoms with Crippen molar-refractivity contribution in [3.05, 3.63) is 35.1 Å². The molecular weight excluding hydrogens is 187 g/mol. The van der Waals surface area contributed by atoms with Crippen LogP contribution in [0.1, 0.15) is 22.0 Å². The summed E-state index contributed by atoms with van der Waals surface area (Å²) in [5.41, 5.74) is 11.1. The van der Waals surface area contributed by atoms with Crippen LogP contribution in [0.25, 0.3) is 0 Å². The molecule has 76 valence electrons. The quantitative estimate of drug-likeness (QED) is 0.659. The van der Waals surface area contributed by atoms with E-state index in [0.29, 0.717) is 5.56 Å². The molecule has 0 unspecified atom stereocenters. The predicted molar refractivity (Wildman–Crippen MR) is 49.3 cm³/mol. The first-order chi connectivity index (χ1) is 6.54. The second-order valence-corrected chi connectivity index (χ2v) is 2.92.